The first-order chi connectivity index (χ1) is 24.1. The predicted molar refractivity (Wildman–Crippen MR) is 191 cm³/mol. The number of aryl methyl sites for hydroxylation is 1. The third kappa shape index (κ3) is 8.22. The van der Waals surface area contributed by atoms with E-state index in [1.54, 1.807) is 12.1 Å². The van der Waals surface area contributed by atoms with Crippen molar-refractivity contribution in [3.8, 4) is 11.8 Å². The van der Waals surface area contributed by atoms with Crippen molar-refractivity contribution in [3.63, 3.8) is 0 Å². The Morgan fingerprint density at radius 3 is 2.54 bits per heavy atom. The average molecular weight is 706 g/mol. The largest absolute Gasteiger partial charge is 0.432 e. The van der Waals surface area contributed by atoms with Crippen molar-refractivity contribution in [1.29, 1.82) is 5.26 Å². The van der Waals surface area contributed by atoms with E-state index in [0.29, 0.717) is 60.2 Å². The highest BCUT2D eigenvalue weighted by Gasteiger charge is 2.29. The molecule has 0 bridgehead atoms. The Balaban J connectivity index is 1.02. The predicted octanol–water partition coefficient (Wildman–Crippen LogP) is 5.92. The first-order valence-corrected chi connectivity index (χ1v) is 18.3. The number of hydrogen-bond donors (Lipinski definition) is 2. The number of aromatic nitrogens is 4. The fourth-order valence-electron chi connectivity index (χ4n) is 7.36. The van der Waals surface area contributed by atoms with Crippen LogP contribution in [0, 0.1) is 17.2 Å². The molecule has 2 aliphatic heterocycles. The van der Waals surface area contributed by atoms with Crippen LogP contribution in [0.25, 0.3) is 10.9 Å². The maximum atomic E-state index is 13.7. The van der Waals surface area contributed by atoms with Crippen LogP contribution in [0.2, 0.25) is 0 Å². The number of ether oxygens (including phenoxy) is 1. The molecule has 2 aliphatic rings. The van der Waals surface area contributed by atoms with Gasteiger partial charge in [0.15, 0.2) is 11.6 Å². The van der Waals surface area contributed by atoms with Crippen molar-refractivity contribution in [3.05, 3.63) is 65.5 Å². The number of piperidine rings is 2. The van der Waals surface area contributed by atoms with Crippen LogP contribution >= 0.6 is 0 Å². The summed E-state index contributed by atoms with van der Waals surface area (Å²) < 4.78 is 46.7. The molecule has 14 heteroatoms. The molecule has 2 aromatic carbocycles. The molecule has 4 heterocycles. The van der Waals surface area contributed by atoms with Crippen molar-refractivity contribution in [2.24, 2.45) is 13.0 Å². The Hall–Kier alpha value is -4.19. The Labute approximate surface area is 294 Å². The number of alkyl halides is 2. The van der Waals surface area contributed by atoms with Gasteiger partial charge in [-0.1, -0.05) is 13.0 Å². The maximum Gasteiger partial charge on any atom is 0.387 e. The van der Waals surface area contributed by atoms with E-state index >= 15 is 0 Å². The molecular formula is C36H45F2N9O2S. The van der Waals surface area contributed by atoms with Crippen molar-refractivity contribution in [2.75, 3.05) is 43.9 Å². The van der Waals surface area contributed by atoms with Gasteiger partial charge in [0, 0.05) is 51.2 Å². The topological polar surface area (TPSA) is 124 Å². The van der Waals surface area contributed by atoms with Gasteiger partial charge in [0.2, 0.25) is 5.95 Å². The summed E-state index contributed by atoms with van der Waals surface area (Å²) in [6, 6.07) is 15.1. The third-order valence-corrected chi connectivity index (χ3v) is 11.5. The zero-order valence-electron chi connectivity index (χ0n) is 29.0. The Kier molecular flexibility index (Phi) is 11.2. The average Bonchev–Trinajstić information content (AvgIpc) is 3.44. The summed E-state index contributed by atoms with van der Waals surface area (Å²) in [5.41, 5.74) is 4.08. The van der Waals surface area contributed by atoms with E-state index in [9.17, 15) is 18.3 Å². The number of nitrogens with one attached hydrogen (secondary N) is 2. The molecule has 2 fully saturated rings. The van der Waals surface area contributed by atoms with Gasteiger partial charge in [0.1, 0.15) is 11.0 Å². The summed E-state index contributed by atoms with van der Waals surface area (Å²) >= 11 is 0. The molecule has 4 atom stereocenters. The monoisotopic (exact) mass is 705 g/mol. The minimum atomic E-state index is -2.93. The SMILES string of the molecule is CNc1nn(C)c2cc(C3CCN(CC(C)Cc4cc(S(=O)N5CCC(Nc6ncc(OC(F)F)cn6)CC5)ccc4C#N)[C@@H](C)C3)ccc12. The van der Waals surface area contributed by atoms with Crippen LogP contribution in [0.5, 0.6) is 5.75 Å². The van der Waals surface area contributed by atoms with E-state index in [1.165, 1.54) is 18.0 Å². The zero-order valence-corrected chi connectivity index (χ0v) is 29.8. The van der Waals surface area contributed by atoms with Gasteiger partial charge in [0.05, 0.1) is 34.4 Å². The summed E-state index contributed by atoms with van der Waals surface area (Å²) in [6.45, 7) is 4.78. The number of hydrogen-bond acceptors (Lipinski definition) is 9. The highest BCUT2D eigenvalue weighted by molar-refractivity contribution is 7.82. The number of rotatable bonds is 12. The van der Waals surface area contributed by atoms with Gasteiger partial charge in [-0.2, -0.15) is 19.1 Å². The Bertz CT molecular complexity index is 1840. The molecule has 2 saturated heterocycles. The van der Waals surface area contributed by atoms with Gasteiger partial charge in [-0.05, 0) is 98.9 Å². The highest BCUT2D eigenvalue weighted by Crippen LogP contribution is 2.35. The minimum Gasteiger partial charge on any atom is -0.432 e. The summed E-state index contributed by atoms with van der Waals surface area (Å²) in [4.78, 5) is 11.4. The lowest BCUT2D eigenvalue weighted by Crippen LogP contribution is -2.42. The Morgan fingerprint density at radius 2 is 1.86 bits per heavy atom. The normalized spacial score (nSPS) is 20.4. The van der Waals surface area contributed by atoms with Crippen LogP contribution in [0.4, 0.5) is 20.5 Å². The number of halogens is 2. The van der Waals surface area contributed by atoms with Gasteiger partial charge >= 0.3 is 6.61 Å². The lowest BCUT2D eigenvalue weighted by atomic mass is 9.85. The van der Waals surface area contributed by atoms with E-state index in [2.05, 4.69) is 73.5 Å². The standard InChI is InChI=1S/C36H45F2N9O2S/c1-23(22-46-12-9-26(16-24(46)2)25-6-8-32-33(18-25)45(4)44-34(32)40-3)15-28-17-31(7-5-27(28)19-39)50(48)47-13-10-29(11-14-47)43-36-41-20-30(21-42-36)49-35(37)38/h5-8,17-18,20-21,23-24,26,29,35H,9-16,22H2,1-4H3,(H,40,44)(H,41,42,43)/t23?,24-,26?,50?/m0/s1. The van der Waals surface area contributed by atoms with E-state index in [-0.39, 0.29) is 11.8 Å². The number of likely N-dealkylation sites (tertiary alicyclic amines) is 1. The van der Waals surface area contributed by atoms with Crippen LogP contribution in [0.3, 0.4) is 0 Å². The molecule has 0 saturated carbocycles. The number of nitrogens with zero attached hydrogens (tertiary/aromatic N) is 7. The molecule has 2 N–H and O–H groups in total. The fourth-order valence-corrected chi connectivity index (χ4v) is 8.62. The second-order valence-corrected chi connectivity index (χ2v) is 15.0. The van der Waals surface area contributed by atoms with Crippen LogP contribution in [0.1, 0.15) is 62.1 Å². The van der Waals surface area contributed by atoms with Gasteiger partial charge in [-0.25, -0.2) is 18.5 Å². The van der Waals surface area contributed by atoms with Gasteiger partial charge in [-0.15, -0.1) is 0 Å². The second-order valence-electron chi connectivity index (χ2n) is 13.5. The molecule has 0 amide bonds. The summed E-state index contributed by atoms with van der Waals surface area (Å²) in [6.07, 6.45) is 6.78. The first-order valence-electron chi connectivity index (χ1n) is 17.2. The molecular weight excluding hydrogens is 661 g/mol. The molecule has 0 spiro atoms. The van der Waals surface area contributed by atoms with Crippen LogP contribution in [-0.4, -0.2) is 85.1 Å². The minimum absolute atomic E-state index is 0.0613. The third-order valence-electron chi connectivity index (χ3n) is 9.99. The maximum absolute atomic E-state index is 13.7. The molecule has 6 rings (SSSR count). The summed E-state index contributed by atoms with van der Waals surface area (Å²) in [5, 5.41) is 22.1. The number of nitriles is 1. The smallest absolute Gasteiger partial charge is 0.387 e. The van der Waals surface area contributed by atoms with Crippen molar-refractivity contribution in [2.45, 2.75) is 75.5 Å². The molecule has 266 valence electrons. The molecule has 0 radical (unpaired) electrons. The first kappa shape index (κ1) is 35.6. The van der Waals surface area contributed by atoms with E-state index in [0.717, 1.165) is 54.6 Å². The van der Waals surface area contributed by atoms with Crippen LogP contribution in [0.15, 0.2) is 53.7 Å². The summed E-state index contributed by atoms with van der Waals surface area (Å²) in [7, 11) is 2.53. The van der Waals surface area contributed by atoms with E-state index in [1.807, 2.05) is 29.1 Å². The molecule has 50 heavy (non-hydrogen) atoms. The Morgan fingerprint density at radius 1 is 1.10 bits per heavy atom. The van der Waals surface area contributed by atoms with Crippen molar-refractivity contribution >= 4 is 33.7 Å². The quantitative estimate of drug-likeness (QED) is 0.185. The lowest BCUT2D eigenvalue weighted by Gasteiger charge is -2.39. The van der Waals surface area contributed by atoms with Crippen molar-refractivity contribution in [1.82, 2.24) is 29.0 Å². The van der Waals surface area contributed by atoms with E-state index in [4.69, 9.17) is 0 Å². The summed E-state index contributed by atoms with van der Waals surface area (Å²) in [5.74, 6) is 1.96. The number of fused-ring (bicyclic) bond motifs is 1. The molecule has 0 aliphatic carbocycles. The lowest BCUT2D eigenvalue weighted by molar-refractivity contribution is -0.0503. The number of anilines is 2. The van der Waals surface area contributed by atoms with Gasteiger partial charge in [0.25, 0.3) is 0 Å². The van der Waals surface area contributed by atoms with Gasteiger partial charge < -0.3 is 20.3 Å². The second kappa shape index (κ2) is 15.8. The highest BCUT2D eigenvalue weighted by atomic mass is 32.2. The zero-order chi connectivity index (χ0) is 35.4. The van der Waals surface area contributed by atoms with Crippen LogP contribution in [-0.2, 0) is 24.5 Å². The molecule has 3 unspecified atom stereocenters. The fraction of sp³-hybridized carbons (Fsp3) is 0.500. The van der Waals surface area contributed by atoms with E-state index < -0.39 is 17.6 Å². The molecule has 4 aromatic rings. The van der Waals surface area contributed by atoms with Gasteiger partial charge in [-0.3, -0.25) is 4.68 Å². The van der Waals surface area contributed by atoms with Crippen molar-refractivity contribution < 1.29 is 17.7 Å². The van der Waals surface area contributed by atoms with Crippen LogP contribution < -0.4 is 15.4 Å². The molecule has 2 aromatic heterocycles. The number of benzene rings is 2. The molecule has 11 nitrogen and oxygen atoms in total.